The molecule has 0 aliphatic rings. The van der Waals surface area contributed by atoms with Crippen molar-refractivity contribution in [3.05, 3.63) is 35.9 Å². The Labute approximate surface area is 106 Å². The highest BCUT2D eigenvalue weighted by Crippen LogP contribution is 2.07. The van der Waals surface area contributed by atoms with E-state index in [1.807, 2.05) is 30.3 Å². The summed E-state index contributed by atoms with van der Waals surface area (Å²) in [7, 11) is 1.21. The summed E-state index contributed by atoms with van der Waals surface area (Å²) in [6, 6.07) is 8.89. The van der Waals surface area contributed by atoms with Gasteiger partial charge >= 0.3 is 12.1 Å². The molecular weight excluding hydrogens is 234 g/mol. The summed E-state index contributed by atoms with van der Waals surface area (Å²) in [4.78, 5) is 21.9. The number of hydrogen-bond donors (Lipinski definition) is 2. The molecule has 18 heavy (non-hydrogen) atoms. The monoisotopic (exact) mass is 251 g/mol. The maximum atomic E-state index is 11.0. The minimum absolute atomic E-state index is 0.374. The number of methoxy groups -OCH3 is 1. The molecule has 2 N–H and O–H groups in total. The molecule has 0 aromatic heterocycles. The lowest BCUT2D eigenvalue weighted by Crippen LogP contribution is -2.40. The summed E-state index contributed by atoms with van der Waals surface area (Å²) in [5.74, 6) is -1.05. The van der Waals surface area contributed by atoms with E-state index >= 15 is 0 Å². The van der Waals surface area contributed by atoms with Crippen molar-refractivity contribution < 1.29 is 19.4 Å². The van der Waals surface area contributed by atoms with E-state index in [1.165, 1.54) is 7.11 Å². The second kappa shape index (κ2) is 7.32. The number of hydrogen-bond acceptors (Lipinski definition) is 3. The van der Waals surface area contributed by atoms with Gasteiger partial charge in [-0.05, 0) is 24.8 Å². The van der Waals surface area contributed by atoms with Gasteiger partial charge in [0, 0.05) is 0 Å². The first kappa shape index (κ1) is 14.0. The van der Waals surface area contributed by atoms with Gasteiger partial charge in [-0.2, -0.15) is 0 Å². The van der Waals surface area contributed by atoms with Crippen molar-refractivity contribution >= 4 is 12.1 Å². The van der Waals surface area contributed by atoms with Gasteiger partial charge in [0.15, 0.2) is 0 Å². The number of ether oxygens (including phenoxy) is 1. The molecule has 5 heteroatoms. The Morgan fingerprint density at radius 3 is 2.56 bits per heavy atom. The van der Waals surface area contributed by atoms with Gasteiger partial charge in [-0.1, -0.05) is 30.3 Å². The van der Waals surface area contributed by atoms with E-state index in [4.69, 9.17) is 5.11 Å². The Balaban J connectivity index is 2.38. The fraction of sp³-hybridized carbons (Fsp3) is 0.385. The van der Waals surface area contributed by atoms with E-state index in [0.29, 0.717) is 12.8 Å². The first-order valence-corrected chi connectivity index (χ1v) is 5.74. The van der Waals surface area contributed by atoms with Gasteiger partial charge in [-0.25, -0.2) is 9.59 Å². The largest absolute Gasteiger partial charge is 0.480 e. The van der Waals surface area contributed by atoms with Crippen LogP contribution in [-0.4, -0.2) is 30.3 Å². The van der Waals surface area contributed by atoms with E-state index in [2.05, 4.69) is 10.1 Å². The van der Waals surface area contributed by atoms with Crippen LogP contribution in [0.2, 0.25) is 0 Å². The molecule has 1 atom stereocenters. The maximum Gasteiger partial charge on any atom is 0.407 e. The molecular formula is C13H17NO4. The normalized spacial score (nSPS) is 11.6. The van der Waals surface area contributed by atoms with Crippen LogP contribution in [0, 0.1) is 0 Å². The van der Waals surface area contributed by atoms with Gasteiger partial charge in [-0.15, -0.1) is 0 Å². The molecule has 0 radical (unpaired) electrons. The van der Waals surface area contributed by atoms with Crippen LogP contribution in [0.4, 0.5) is 4.79 Å². The predicted molar refractivity (Wildman–Crippen MR) is 66.3 cm³/mol. The molecule has 1 aromatic rings. The summed E-state index contributed by atoms with van der Waals surface area (Å²) in [5.41, 5.74) is 1.15. The Bertz CT molecular complexity index is 391. The summed E-state index contributed by atoms with van der Waals surface area (Å²) < 4.78 is 4.38. The van der Waals surface area contributed by atoms with Crippen molar-refractivity contribution in [1.29, 1.82) is 0 Å². The van der Waals surface area contributed by atoms with Crippen molar-refractivity contribution in [3.8, 4) is 0 Å². The molecule has 1 amide bonds. The number of aryl methyl sites for hydroxylation is 1. The van der Waals surface area contributed by atoms with Crippen LogP contribution in [-0.2, 0) is 16.0 Å². The zero-order valence-corrected chi connectivity index (χ0v) is 10.3. The van der Waals surface area contributed by atoms with Gasteiger partial charge in [-0.3, -0.25) is 0 Å². The number of rotatable bonds is 6. The quantitative estimate of drug-likeness (QED) is 0.808. The van der Waals surface area contributed by atoms with Crippen LogP contribution in [0.3, 0.4) is 0 Å². The molecule has 98 valence electrons. The smallest absolute Gasteiger partial charge is 0.407 e. The minimum Gasteiger partial charge on any atom is -0.480 e. The lowest BCUT2D eigenvalue weighted by molar-refractivity contribution is -0.139. The number of amides is 1. The standard InChI is InChI=1S/C13H17NO4/c1-18-13(17)14-11(12(15)16)9-5-8-10-6-3-2-4-7-10/h2-4,6-7,11H,5,8-9H2,1H3,(H,14,17)(H,15,16). The van der Waals surface area contributed by atoms with Crippen molar-refractivity contribution in [2.75, 3.05) is 7.11 Å². The fourth-order valence-electron chi connectivity index (χ4n) is 1.61. The van der Waals surface area contributed by atoms with Gasteiger partial charge in [0.25, 0.3) is 0 Å². The highest BCUT2D eigenvalue weighted by molar-refractivity contribution is 5.79. The lowest BCUT2D eigenvalue weighted by Gasteiger charge is -2.13. The summed E-state index contributed by atoms with van der Waals surface area (Å²) in [6.07, 6.45) is 1.12. The third-order valence-electron chi connectivity index (χ3n) is 2.58. The predicted octanol–water partition coefficient (Wildman–Crippen LogP) is 1.82. The van der Waals surface area contributed by atoms with Crippen LogP contribution in [0.1, 0.15) is 18.4 Å². The van der Waals surface area contributed by atoms with E-state index in [-0.39, 0.29) is 0 Å². The van der Waals surface area contributed by atoms with E-state index in [0.717, 1.165) is 12.0 Å². The van der Waals surface area contributed by atoms with Gasteiger partial charge in [0.2, 0.25) is 0 Å². The second-order valence-electron chi connectivity index (χ2n) is 3.90. The topological polar surface area (TPSA) is 75.6 Å². The van der Waals surface area contributed by atoms with Gasteiger partial charge in [0.1, 0.15) is 6.04 Å². The van der Waals surface area contributed by atoms with Crippen molar-refractivity contribution in [3.63, 3.8) is 0 Å². The highest BCUT2D eigenvalue weighted by atomic mass is 16.5. The van der Waals surface area contributed by atoms with Crippen LogP contribution < -0.4 is 5.32 Å². The Morgan fingerprint density at radius 1 is 1.33 bits per heavy atom. The van der Waals surface area contributed by atoms with E-state index in [1.54, 1.807) is 0 Å². The average Bonchev–Trinajstić information content (AvgIpc) is 2.38. The van der Waals surface area contributed by atoms with Crippen LogP contribution in [0.25, 0.3) is 0 Å². The van der Waals surface area contributed by atoms with Crippen molar-refractivity contribution in [1.82, 2.24) is 5.32 Å². The molecule has 1 rings (SSSR count). The molecule has 0 aliphatic carbocycles. The van der Waals surface area contributed by atoms with Crippen LogP contribution >= 0.6 is 0 Å². The second-order valence-corrected chi connectivity index (χ2v) is 3.90. The molecule has 0 saturated carbocycles. The van der Waals surface area contributed by atoms with Crippen molar-refractivity contribution in [2.45, 2.75) is 25.3 Å². The number of carbonyl (C=O) groups excluding carboxylic acids is 1. The van der Waals surface area contributed by atoms with Crippen molar-refractivity contribution in [2.24, 2.45) is 0 Å². The number of carbonyl (C=O) groups is 2. The molecule has 0 spiro atoms. The number of carboxylic acids is 1. The van der Waals surface area contributed by atoms with E-state index in [9.17, 15) is 9.59 Å². The van der Waals surface area contributed by atoms with Gasteiger partial charge < -0.3 is 15.2 Å². The third kappa shape index (κ3) is 4.86. The number of alkyl carbamates (subject to hydrolysis) is 1. The molecule has 1 aromatic carbocycles. The van der Waals surface area contributed by atoms with Gasteiger partial charge in [0.05, 0.1) is 7.11 Å². The Hall–Kier alpha value is -2.04. The Morgan fingerprint density at radius 2 is 2.00 bits per heavy atom. The first-order valence-electron chi connectivity index (χ1n) is 5.74. The molecule has 5 nitrogen and oxygen atoms in total. The number of aliphatic carboxylic acids is 1. The summed E-state index contributed by atoms with van der Waals surface area (Å²) in [6.45, 7) is 0. The molecule has 0 bridgehead atoms. The van der Waals surface area contributed by atoms with E-state index < -0.39 is 18.1 Å². The fourth-order valence-corrected chi connectivity index (χ4v) is 1.61. The summed E-state index contributed by atoms with van der Waals surface area (Å²) in [5, 5.41) is 11.2. The lowest BCUT2D eigenvalue weighted by atomic mass is 10.0. The number of nitrogens with one attached hydrogen (secondary N) is 1. The average molecular weight is 251 g/mol. The number of benzene rings is 1. The zero-order chi connectivity index (χ0) is 13.4. The SMILES string of the molecule is COC(=O)NC(CCCc1ccccc1)C(=O)O. The molecule has 0 heterocycles. The Kier molecular flexibility index (Phi) is 5.70. The highest BCUT2D eigenvalue weighted by Gasteiger charge is 2.19. The molecule has 0 fully saturated rings. The molecule has 0 saturated heterocycles. The zero-order valence-electron chi connectivity index (χ0n) is 10.3. The van der Waals surface area contributed by atoms with Crippen LogP contribution in [0.5, 0.6) is 0 Å². The summed E-state index contributed by atoms with van der Waals surface area (Å²) >= 11 is 0. The van der Waals surface area contributed by atoms with Crippen LogP contribution in [0.15, 0.2) is 30.3 Å². The third-order valence-corrected chi connectivity index (χ3v) is 2.58. The molecule has 1 unspecified atom stereocenters. The minimum atomic E-state index is -1.05. The maximum absolute atomic E-state index is 11.0. The number of carboxylic acid groups (broad SMARTS) is 1. The molecule has 0 aliphatic heterocycles. The first-order chi connectivity index (χ1) is 8.63.